The van der Waals surface area contributed by atoms with Crippen molar-refractivity contribution in [2.75, 3.05) is 14.7 Å². The first kappa shape index (κ1) is 54.2. The molecule has 80 heavy (non-hydrogen) atoms. The van der Waals surface area contributed by atoms with Gasteiger partial charge in [0.05, 0.1) is 0 Å². The van der Waals surface area contributed by atoms with Crippen LogP contribution in [-0.4, -0.2) is 0 Å². The van der Waals surface area contributed by atoms with Gasteiger partial charge in [-0.2, -0.15) is 0 Å². The topological polar surface area (TPSA) is 9.72 Å². The van der Waals surface area contributed by atoms with Crippen LogP contribution in [-0.2, 0) is 6.42 Å². The Morgan fingerprint density at radius 2 is 0.625 bits per heavy atom. The van der Waals surface area contributed by atoms with Crippen LogP contribution in [0.4, 0.5) is 51.2 Å². The normalized spacial score (nSPS) is 11.8. The highest BCUT2D eigenvalue weighted by atomic mass is 15.2. The van der Waals surface area contributed by atoms with Gasteiger partial charge in [0.2, 0.25) is 0 Å². The van der Waals surface area contributed by atoms with Crippen molar-refractivity contribution in [1.29, 1.82) is 0 Å². The Labute approximate surface area is 476 Å². The van der Waals surface area contributed by atoms with Crippen LogP contribution in [0.15, 0.2) is 261 Å². The highest BCUT2D eigenvalue weighted by Crippen LogP contribution is 2.39. The summed E-state index contributed by atoms with van der Waals surface area (Å²) in [7, 11) is 0. The van der Waals surface area contributed by atoms with Crippen molar-refractivity contribution in [3.8, 4) is 0 Å². The van der Waals surface area contributed by atoms with Crippen LogP contribution in [0.5, 0.6) is 0 Å². The van der Waals surface area contributed by atoms with Gasteiger partial charge in [0, 0.05) is 51.2 Å². The van der Waals surface area contributed by atoms with Crippen molar-refractivity contribution in [1.82, 2.24) is 0 Å². The van der Waals surface area contributed by atoms with E-state index < -0.39 is 0 Å². The molecule has 10 aromatic rings. The van der Waals surface area contributed by atoms with Gasteiger partial charge in [-0.1, -0.05) is 223 Å². The molecule has 396 valence electrons. The summed E-state index contributed by atoms with van der Waals surface area (Å²) in [6.45, 7) is 13.3. The molecule has 0 saturated carbocycles. The number of benzene rings is 10. The third-order valence-corrected chi connectivity index (χ3v) is 14.9. The van der Waals surface area contributed by atoms with E-state index in [2.05, 4.69) is 341 Å². The lowest BCUT2D eigenvalue weighted by molar-refractivity contribution is 0.795. The Morgan fingerprint density at radius 3 is 0.975 bits per heavy atom. The molecule has 10 rings (SSSR count). The minimum absolute atomic E-state index is 0.477. The zero-order chi connectivity index (χ0) is 55.2. The average molecular weight is 1040 g/mol. The molecule has 10 aromatic carbocycles. The Bertz CT molecular complexity index is 3690. The Kier molecular flexibility index (Phi) is 17.6. The molecule has 0 saturated heterocycles. The van der Waals surface area contributed by atoms with E-state index in [1.165, 1.54) is 45.9 Å². The molecule has 0 aromatic heterocycles. The highest BCUT2D eigenvalue weighted by molar-refractivity contribution is 5.89. The first-order chi connectivity index (χ1) is 39.1. The van der Waals surface area contributed by atoms with Gasteiger partial charge in [0.15, 0.2) is 0 Å². The number of allylic oxidation sites excluding steroid dienone is 4. The first-order valence-corrected chi connectivity index (χ1v) is 28.5. The van der Waals surface area contributed by atoms with Crippen LogP contribution in [0.1, 0.15) is 104 Å². The quantitative estimate of drug-likeness (QED) is 0.0705. The molecule has 0 atom stereocenters. The summed E-state index contributed by atoms with van der Waals surface area (Å²) >= 11 is 0. The van der Waals surface area contributed by atoms with Gasteiger partial charge in [-0.3, -0.25) is 0 Å². The number of unbranched alkanes of at least 4 members (excludes halogenated alkanes) is 1. The Balaban J connectivity index is 0.812. The predicted molar refractivity (Wildman–Crippen MR) is 349 cm³/mol. The third kappa shape index (κ3) is 13.6. The summed E-state index contributed by atoms with van der Waals surface area (Å²) in [6.07, 6.45) is 20.6. The molecule has 0 unspecified atom stereocenters. The standard InChI is InChI=1S/C77H73N3/c1-7-8-15-60-24-41-71(42-25-60)79(72-45-28-62(29-46-72)17-10-9-16-61-26-43-70(44-27-61)78(69-39-22-59(6)23-40-69)75-51-34-65(35-52-75)57(2)3)73-47-30-63(31-48-73)18-11-12-19-64-32-49-74(50-33-64)80(76-53-36-66(37-54-76)58(4)5)77-55-38-67-20-13-14-21-68(67)56-77/h9-14,16-58H,7-8,15H2,1-6H3. The minimum Gasteiger partial charge on any atom is -0.311 e. The Hall–Kier alpha value is -9.18. The summed E-state index contributed by atoms with van der Waals surface area (Å²) in [4.78, 5) is 7.02. The number of rotatable bonds is 20. The zero-order valence-corrected chi connectivity index (χ0v) is 47.3. The van der Waals surface area contributed by atoms with E-state index in [0.717, 1.165) is 79.9 Å². The van der Waals surface area contributed by atoms with E-state index in [1.807, 2.05) is 0 Å². The molecule has 0 bridgehead atoms. The van der Waals surface area contributed by atoms with Gasteiger partial charge in [-0.25, -0.2) is 0 Å². The smallest absolute Gasteiger partial charge is 0.0468 e. The predicted octanol–water partition coefficient (Wildman–Crippen LogP) is 22.6. The van der Waals surface area contributed by atoms with Gasteiger partial charge < -0.3 is 14.7 Å². The van der Waals surface area contributed by atoms with E-state index >= 15 is 0 Å². The molecule has 0 aliphatic rings. The Morgan fingerprint density at radius 1 is 0.325 bits per heavy atom. The van der Waals surface area contributed by atoms with Crippen molar-refractivity contribution in [2.24, 2.45) is 0 Å². The lowest BCUT2D eigenvalue weighted by Crippen LogP contribution is -2.10. The second-order valence-electron chi connectivity index (χ2n) is 21.4. The number of nitrogens with zero attached hydrogens (tertiary/aromatic N) is 3. The largest absolute Gasteiger partial charge is 0.311 e. The number of hydrogen-bond acceptors (Lipinski definition) is 3. The first-order valence-electron chi connectivity index (χ1n) is 28.5. The van der Waals surface area contributed by atoms with Crippen LogP contribution in [0.25, 0.3) is 35.1 Å². The van der Waals surface area contributed by atoms with Crippen molar-refractivity contribution >= 4 is 86.3 Å². The number of hydrogen-bond donors (Lipinski definition) is 0. The SMILES string of the molecule is CCCCc1ccc(N(c2ccc(C=CC=Cc3ccc(N(c4ccc(C)cc4)c4ccc(C(C)C)cc4)cc3)cc2)c2ccc(C=CC=Cc3ccc(N(c4ccc(C(C)C)cc4)c4ccc5ccccc5c4)cc3)cc2)cc1. The monoisotopic (exact) mass is 1040 g/mol. The van der Waals surface area contributed by atoms with E-state index in [9.17, 15) is 0 Å². The van der Waals surface area contributed by atoms with Crippen molar-refractivity contribution in [2.45, 2.75) is 72.6 Å². The molecule has 3 heteroatoms. The van der Waals surface area contributed by atoms with Crippen LogP contribution in [0.2, 0.25) is 0 Å². The van der Waals surface area contributed by atoms with Gasteiger partial charge in [0.25, 0.3) is 0 Å². The van der Waals surface area contributed by atoms with E-state index in [-0.39, 0.29) is 0 Å². The van der Waals surface area contributed by atoms with E-state index in [4.69, 9.17) is 0 Å². The molecule has 0 N–H and O–H groups in total. The maximum atomic E-state index is 2.35. The van der Waals surface area contributed by atoms with Crippen LogP contribution in [0, 0.1) is 6.92 Å². The fraction of sp³-hybridized carbons (Fsp3) is 0.143. The second-order valence-corrected chi connectivity index (χ2v) is 21.4. The van der Waals surface area contributed by atoms with Gasteiger partial charge in [-0.15, -0.1) is 0 Å². The number of anilines is 9. The van der Waals surface area contributed by atoms with Gasteiger partial charge >= 0.3 is 0 Å². The summed E-state index contributed by atoms with van der Waals surface area (Å²) in [5, 5.41) is 2.46. The van der Waals surface area contributed by atoms with Crippen molar-refractivity contribution in [3.05, 3.63) is 305 Å². The minimum atomic E-state index is 0.477. The maximum Gasteiger partial charge on any atom is 0.0468 e. The average Bonchev–Trinajstić information content (AvgIpc) is 3.51. The molecular weight excluding hydrogens is 967 g/mol. The summed E-state index contributed by atoms with van der Waals surface area (Å²) < 4.78 is 0. The summed E-state index contributed by atoms with van der Waals surface area (Å²) in [6, 6.07) is 86.4. The molecule has 0 radical (unpaired) electrons. The summed E-state index contributed by atoms with van der Waals surface area (Å²) in [5.41, 5.74) is 20.0. The zero-order valence-electron chi connectivity index (χ0n) is 47.3. The second kappa shape index (κ2) is 26.0. The summed E-state index contributed by atoms with van der Waals surface area (Å²) in [5.74, 6) is 0.965. The molecule has 0 amide bonds. The lowest BCUT2D eigenvalue weighted by Gasteiger charge is -2.26. The fourth-order valence-corrected chi connectivity index (χ4v) is 10.2. The van der Waals surface area contributed by atoms with Crippen molar-refractivity contribution in [3.63, 3.8) is 0 Å². The molecule has 3 nitrogen and oxygen atoms in total. The molecule has 0 heterocycles. The molecule has 0 spiro atoms. The highest BCUT2D eigenvalue weighted by Gasteiger charge is 2.16. The fourth-order valence-electron chi connectivity index (χ4n) is 10.2. The molecule has 0 aliphatic heterocycles. The van der Waals surface area contributed by atoms with Crippen LogP contribution < -0.4 is 14.7 Å². The van der Waals surface area contributed by atoms with Crippen molar-refractivity contribution < 1.29 is 0 Å². The third-order valence-electron chi connectivity index (χ3n) is 14.9. The lowest BCUT2D eigenvalue weighted by atomic mass is 10.0. The van der Waals surface area contributed by atoms with Gasteiger partial charge in [0.1, 0.15) is 0 Å². The number of aryl methyl sites for hydroxylation is 2. The van der Waals surface area contributed by atoms with Crippen LogP contribution >= 0.6 is 0 Å². The van der Waals surface area contributed by atoms with E-state index in [0.29, 0.717) is 11.8 Å². The molecule has 0 fully saturated rings. The number of fused-ring (bicyclic) bond motifs is 1. The maximum absolute atomic E-state index is 2.35. The van der Waals surface area contributed by atoms with Crippen LogP contribution in [0.3, 0.4) is 0 Å². The molecule has 0 aliphatic carbocycles. The van der Waals surface area contributed by atoms with E-state index in [1.54, 1.807) is 0 Å². The van der Waals surface area contributed by atoms with Gasteiger partial charge in [-0.05, 0) is 191 Å². The molecular formula is C77H73N3.